The topological polar surface area (TPSA) is 58.4 Å². The summed E-state index contributed by atoms with van der Waals surface area (Å²) in [6.45, 7) is 5.24. The number of carbonyl (C=O) groups excluding carboxylic acids is 1. The van der Waals surface area contributed by atoms with Crippen molar-refractivity contribution in [2.24, 2.45) is 5.73 Å². The van der Waals surface area contributed by atoms with E-state index in [1.54, 1.807) is 0 Å². The highest BCUT2D eigenvalue weighted by molar-refractivity contribution is 5.85. The van der Waals surface area contributed by atoms with Gasteiger partial charge in [0, 0.05) is 19.3 Å². The summed E-state index contributed by atoms with van der Waals surface area (Å²) in [5, 5.41) is 3.23. The molecule has 0 bridgehead atoms. The van der Waals surface area contributed by atoms with Crippen LogP contribution in [0.1, 0.15) is 20.3 Å². The first kappa shape index (κ1) is 14.5. The van der Waals surface area contributed by atoms with Crippen molar-refractivity contribution in [1.29, 1.82) is 0 Å². The molecule has 1 atom stereocenters. The van der Waals surface area contributed by atoms with E-state index in [0.717, 1.165) is 18.7 Å². The summed E-state index contributed by atoms with van der Waals surface area (Å²) in [5.41, 5.74) is 5.87. The molecular weight excluding hydrogens is 226 g/mol. The maximum atomic E-state index is 11.6. The Morgan fingerprint density at radius 1 is 1.39 bits per heavy atom. The van der Waals surface area contributed by atoms with E-state index in [1.807, 2.05) is 49.2 Å². The first-order chi connectivity index (χ1) is 8.49. The van der Waals surface area contributed by atoms with Crippen LogP contribution in [0.3, 0.4) is 0 Å². The molecular formula is C14H23N3O. The van der Waals surface area contributed by atoms with Gasteiger partial charge in [0.1, 0.15) is 5.54 Å². The number of hydrogen-bond donors (Lipinski definition) is 2. The van der Waals surface area contributed by atoms with Gasteiger partial charge in [0.25, 0.3) is 0 Å². The lowest BCUT2D eigenvalue weighted by atomic mass is 10.0. The highest BCUT2D eigenvalue weighted by Crippen LogP contribution is 2.15. The number of nitrogens with one attached hydrogen (secondary N) is 1. The number of para-hydroxylation sites is 1. The molecule has 18 heavy (non-hydrogen) atoms. The molecule has 0 aliphatic heterocycles. The van der Waals surface area contributed by atoms with Gasteiger partial charge in [0.2, 0.25) is 5.91 Å². The Morgan fingerprint density at radius 3 is 2.50 bits per heavy atom. The van der Waals surface area contributed by atoms with Gasteiger partial charge in [-0.1, -0.05) is 25.1 Å². The molecule has 100 valence electrons. The maximum Gasteiger partial charge on any atom is 0.239 e. The lowest BCUT2D eigenvalue weighted by Crippen LogP contribution is -2.59. The van der Waals surface area contributed by atoms with Crippen LogP contribution in [0.2, 0.25) is 0 Å². The van der Waals surface area contributed by atoms with Crippen LogP contribution in [0.5, 0.6) is 0 Å². The van der Waals surface area contributed by atoms with Gasteiger partial charge < -0.3 is 16.0 Å². The summed E-state index contributed by atoms with van der Waals surface area (Å²) in [4.78, 5) is 13.7. The molecule has 0 aliphatic carbocycles. The second-order valence-corrected chi connectivity index (χ2v) is 4.81. The quantitative estimate of drug-likeness (QED) is 0.767. The highest BCUT2D eigenvalue weighted by Gasteiger charge is 2.31. The van der Waals surface area contributed by atoms with Crippen LogP contribution in [0, 0.1) is 0 Å². The van der Waals surface area contributed by atoms with Gasteiger partial charge in [0.05, 0.1) is 0 Å². The number of nitrogens with zero attached hydrogens (tertiary/aromatic N) is 1. The monoisotopic (exact) mass is 249 g/mol. The third kappa shape index (κ3) is 3.74. The number of hydrogen-bond acceptors (Lipinski definition) is 3. The van der Waals surface area contributed by atoms with Gasteiger partial charge >= 0.3 is 0 Å². The average molecular weight is 249 g/mol. The zero-order chi connectivity index (χ0) is 13.6. The number of likely N-dealkylation sites (N-methyl/N-ethyl adjacent to an activating group) is 1. The maximum absolute atomic E-state index is 11.6. The van der Waals surface area contributed by atoms with Gasteiger partial charge in [-0.2, -0.15) is 0 Å². The van der Waals surface area contributed by atoms with Crippen molar-refractivity contribution < 1.29 is 4.79 Å². The van der Waals surface area contributed by atoms with E-state index in [1.165, 1.54) is 0 Å². The Bertz CT molecular complexity index is 380. The molecule has 0 spiro atoms. The lowest BCUT2D eigenvalue weighted by Gasteiger charge is -2.33. The predicted octanol–water partition coefficient (Wildman–Crippen LogP) is 1.37. The summed E-state index contributed by atoms with van der Waals surface area (Å²) in [6.07, 6.45) is 0.970. The van der Waals surface area contributed by atoms with E-state index in [9.17, 15) is 4.79 Å². The van der Waals surface area contributed by atoms with Gasteiger partial charge in [0.15, 0.2) is 0 Å². The second-order valence-electron chi connectivity index (χ2n) is 4.81. The molecule has 1 rings (SSSR count). The number of anilines is 1. The highest BCUT2D eigenvalue weighted by atomic mass is 16.1. The zero-order valence-corrected chi connectivity index (χ0v) is 11.4. The summed E-state index contributed by atoms with van der Waals surface area (Å²) >= 11 is 0. The second kappa shape index (κ2) is 6.40. The fourth-order valence-electron chi connectivity index (χ4n) is 1.87. The van der Waals surface area contributed by atoms with E-state index >= 15 is 0 Å². The largest absolute Gasteiger partial charge is 0.372 e. The van der Waals surface area contributed by atoms with Crippen LogP contribution in [0.25, 0.3) is 0 Å². The van der Waals surface area contributed by atoms with Gasteiger partial charge in [-0.25, -0.2) is 0 Å². The van der Waals surface area contributed by atoms with Crippen molar-refractivity contribution in [3.05, 3.63) is 30.3 Å². The molecule has 0 saturated carbocycles. The molecule has 4 nitrogen and oxygen atoms in total. The van der Waals surface area contributed by atoms with Crippen molar-refractivity contribution in [1.82, 2.24) is 5.32 Å². The van der Waals surface area contributed by atoms with Gasteiger partial charge in [-0.15, -0.1) is 0 Å². The van der Waals surface area contributed by atoms with Crippen LogP contribution >= 0.6 is 0 Å². The fraction of sp³-hybridized carbons (Fsp3) is 0.500. The molecule has 0 saturated heterocycles. The minimum Gasteiger partial charge on any atom is -0.372 e. The Kier molecular flexibility index (Phi) is 5.16. The zero-order valence-electron chi connectivity index (χ0n) is 11.4. The van der Waals surface area contributed by atoms with E-state index in [-0.39, 0.29) is 5.91 Å². The first-order valence-electron chi connectivity index (χ1n) is 6.30. The number of carbonyl (C=O) groups is 1. The molecule has 4 heteroatoms. The normalized spacial score (nSPS) is 13.9. The molecule has 0 aromatic heterocycles. The predicted molar refractivity (Wildman–Crippen MR) is 75.6 cm³/mol. The van der Waals surface area contributed by atoms with Gasteiger partial charge in [-0.3, -0.25) is 4.79 Å². The van der Waals surface area contributed by atoms with Gasteiger partial charge in [-0.05, 0) is 32.0 Å². The van der Waals surface area contributed by atoms with Crippen LogP contribution in [-0.4, -0.2) is 31.6 Å². The van der Waals surface area contributed by atoms with Crippen molar-refractivity contribution >= 4 is 11.6 Å². The van der Waals surface area contributed by atoms with Crippen molar-refractivity contribution in [3.8, 4) is 0 Å². The summed E-state index contributed by atoms with van der Waals surface area (Å²) in [6, 6.07) is 9.96. The number of rotatable bonds is 7. The van der Waals surface area contributed by atoms with E-state index < -0.39 is 5.54 Å². The van der Waals surface area contributed by atoms with Crippen molar-refractivity contribution in [2.45, 2.75) is 25.8 Å². The van der Waals surface area contributed by atoms with E-state index in [4.69, 9.17) is 5.73 Å². The molecule has 1 unspecified atom stereocenters. The third-order valence-electron chi connectivity index (χ3n) is 3.06. The smallest absolute Gasteiger partial charge is 0.239 e. The summed E-state index contributed by atoms with van der Waals surface area (Å²) < 4.78 is 0. The average Bonchev–Trinajstić information content (AvgIpc) is 2.37. The third-order valence-corrected chi connectivity index (χ3v) is 3.06. The van der Waals surface area contributed by atoms with Crippen LogP contribution < -0.4 is 16.0 Å². The number of nitrogens with two attached hydrogens (primary N) is 1. The van der Waals surface area contributed by atoms with E-state index in [2.05, 4.69) is 12.2 Å². The number of benzene rings is 1. The molecule has 0 radical (unpaired) electrons. The molecule has 1 aromatic rings. The lowest BCUT2D eigenvalue weighted by molar-refractivity contribution is -0.123. The van der Waals surface area contributed by atoms with Crippen molar-refractivity contribution in [3.63, 3.8) is 0 Å². The number of primary amides is 1. The molecule has 0 fully saturated rings. The van der Waals surface area contributed by atoms with Crippen LogP contribution in [-0.2, 0) is 4.79 Å². The molecule has 0 heterocycles. The number of amides is 1. The molecule has 1 aromatic carbocycles. The Morgan fingerprint density at radius 2 is 2.00 bits per heavy atom. The fourth-order valence-corrected chi connectivity index (χ4v) is 1.87. The first-order valence-corrected chi connectivity index (χ1v) is 6.30. The minimum absolute atomic E-state index is 0.321. The van der Waals surface area contributed by atoms with Crippen LogP contribution in [0.4, 0.5) is 5.69 Å². The SMILES string of the molecule is CCCNC(C)(CN(C)c1ccccc1)C(N)=O. The van der Waals surface area contributed by atoms with Crippen molar-refractivity contribution in [2.75, 3.05) is 25.0 Å². The minimum atomic E-state index is -0.708. The van der Waals surface area contributed by atoms with E-state index in [0.29, 0.717) is 6.54 Å². The molecule has 1 amide bonds. The Balaban J connectivity index is 2.75. The summed E-state index contributed by atoms with van der Waals surface area (Å²) in [7, 11) is 1.96. The standard InChI is InChI=1S/C14H23N3O/c1-4-10-16-14(2,13(15)18)11-17(3)12-8-6-5-7-9-12/h5-9,16H,4,10-11H2,1-3H3,(H2,15,18). The molecule has 3 N–H and O–H groups in total. The van der Waals surface area contributed by atoms with Crippen LogP contribution in [0.15, 0.2) is 30.3 Å². The summed E-state index contributed by atoms with van der Waals surface area (Å²) in [5.74, 6) is -0.321. The Hall–Kier alpha value is -1.55. The Labute approximate surface area is 109 Å². The molecule has 0 aliphatic rings.